The molecule has 2 heterocycles. The lowest BCUT2D eigenvalue weighted by Gasteiger charge is -2.12. The summed E-state index contributed by atoms with van der Waals surface area (Å²) in [4.78, 5) is 15.1. The van der Waals surface area contributed by atoms with Crippen LogP contribution in [0.2, 0.25) is 5.02 Å². The number of thioether (sulfide) groups is 1. The Hall–Kier alpha value is -3.49. The Bertz CT molecular complexity index is 1220. The summed E-state index contributed by atoms with van der Waals surface area (Å²) in [5, 5.41) is 19.3. The number of hydrogen-bond acceptors (Lipinski definition) is 7. The first-order valence-corrected chi connectivity index (χ1v) is 11.3. The fourth-order valence-corrected chi connectivity index (χ4v) is 4.08. The summed E-state index contributed by atoms with van der Waals surface area (Å²) in [7, 11) is 0. The third kappa shape index (κ3) is 5.66. The van der Waals surface area contributed by atoms with Gasteiger partial charge in [-0.05, 0) is 78.4 Å². The predicted molar refractivity (Wildman–Crippen MR) is 131 cm³/mol. The molecule has 1 saturated heterocycles. The predicted octanol–water partition coefficient (Wildman–Crippen LogP) is 5.54. The lowest BCUT2D eigenvalue weighted by molar-refractivity contribution is -0.122. The molecule has 0 aliphatic carbocycles. The molecule has 1 amide bonds. The zero-order valence-corrected chi connectivity index (χ0v) is 19.2. The fraction of sp³-hybridized carbons (Fsp3) is 0.125. The van der Waals surface area contributed by atoms with Gasteiger partial charge >= 0.3 is 0 Å². The summed E-state index contributed by atoms with van der Waals surface area (Å²) in [6.45, 7) is 2.50. The van der Waals surface area contributed by atoms with Gasteiger partial charge in [0.05, 0.1) is 30.5 Å². The summed E-state index contributed by atoms with van der Waals surface area (Å²) in [6, 6.07) is 15.7. The maximum absolute atomic E-state index is 13.1. The number of hydrogen-bond donors (Lipinski definition) is 1. The van der Waals surface area contributed by atoms with Crippen LogP contribution in [0, 0.1) is 0 Å². The van der Waals surface area contributed by atoms with E-state index in [9.17, 15) is 9.90 Å². The summed E-state index contributed by atoms with van der Waals surface area (Å²) in [5.41, 5.74) is 1.55. The van der Waals surface area contributed by atoms with Gasteiger partial charge in [-0.15, -0.1) is 5.10 Å². The van der Waals surface area contributed by atoms with Gasteiger partial charge in [-0.2, -0.15) is 5.10 Å². The zero-order valence-electron chi connectivity index (χ0n) is 17.6. The van der Waals surface area contributed by atoms with Crippen LogP contribution in [0.4, 0.5) is 0 Å². The summed E-state index contributed by atoms with van der Waals surface area (Å²) >= 11 is 7.19. The molecule has 1 N–H and O–H groups in total. The molecule has 9 heteroatoms. The van der Waals surface area contributed by atoms with E-state index in [2.05, 4.69) is 10.2 Å². The normalized spacial score (nSPS) is 16.4. The molecule has 2 aromatic carbocycles. The smallest absolute Gasteiger partial charge is 0.267 e. The summed E-state index contributed by atoms with van der Waals surface area (Å²) in [6.07, 6.45) is 4.88. The Labute approximate surface area is 200 Å². The van der Waals surface area contributed by atoms with E-state index in [-0.39, 0.29) is 18.2 Å². The van der Waals surface area contributed by atoms with E-state index < -0.39 is 0 Å². The number of amidine groups is 1. The molecule has 3 aromatic rings. The highest BCUT2D eigenvalue weighted by Crippen LogP contribution is 2.34. The van der Waals surface area contributed by atoms with Crippen molar-refractivity contribution in [3.63, 3.8) is 0 Å². The minimum atomic E-state index is -0.191. The average molecular weight is 482 g/mol. The molecule has 1 fully saturated rings. The number of phenolic OH excluding ortho intramolecular Hbond substituents is 1. The van der Waals surface area contributed by atoms with Crippen LogP contribution >= 0.6 is 23.4 Å². The molecule has 0 radical (unpaired) electrons. The van der Waals surface area contributed by atoms with Crippen LogP contribution in [0.25, 0.3) is 6.08 Å². The monoisotopic (exact) mass is 481 g/mol. The van der Waals surface area contributed by atoms with E-state index in [1.54, 1.807) is 48.7 Å². The first kappa shape index (κ1) is 22.7. The molecular weight excluding hydrogens is 462 g/mol. The van der Waals surface area contributed by atoms with E-state index in [0.29, 0.717) is 38.8 Å². The summed E-state index contributed by atoms with van der Waals surface area (Å²) in [5.74, 6) is 0.864. The van der Waals surface area contributed by atoms with Crippen LogP contribution in [0.3, 0.4) is 0 Å². The number of nitrogens with zero attached hydrogens (tertiary/aromatic N) is 3. The molecular formula is C24H20ClN3O4S. The van der Waals surface area contributed by atoms with E-state index in [4.69, 9.17) is 20.8 Å². The molecule has 0 unspecified atom stereocenters. The Balaban J connectivity index is 1.60. The van der Waals surface area contributed by atoms with E-state index >= 15 is 0 Å². The molecule has 1 aromatic heterocycles. The number of furan rings is 1. The van der Waals surface area contributed by atoms with Crippen molar-refractivity contribution in [3.8, 4) is 11.5 Å². The number of phenols is 1. The maximum Gasteiger partial charge on any atom is 0.267 e. The van der Waals surface area contributed by atoms with Gasteiger partial charge < -0.3 is 14.3 Å². The number of amides is 1. The number of rotatable bonds is 7. The molecule has 168 valence electrons. The number of carbonyl (C=O) groups excluding carboxylic acids is 1. The molecule has 0 saturated carbocycles. The van der Waals surface area contributed by atoms with Crippen LogP contribution in [-0.2, 0) is 11.3 Å². The van der Waals surface area contributed by atoms with Crippen molar-refractivity contribution >= 4 is 46.7 Å². The molecule has 1 aliphatic rings. The molecule has 0 spiro atoms. The fourth-order valence-electron chi connectivity index (χ4n) is 3.02. The van der Waals surface area contributed by atoms with Crippen LogP contribution in [0.5, 0.6) is 11.5 Å². The maximum atomic E-state index is 13.1. The van der Waals surface area contributed by atoms with Gasteiger partial charge in [0.1, 0.15) is 5.76 Å². The molecule has 33 heavy (non-hydrogen) atoms. The Kier molecular flexibility index (Phi) is 7.16. The highest BCUT2D eigenvalue weighted by Gasteiger charge is 2.34. The zero-order chi connectivity index (χ0) is 23.2. The van der Waals surface area contributed by atoms with Crippen LogP contribution in [0.15, 0.2) is 80.4 Å². The van der Waals surface area contributed by atoms with Crippen molar-refractivity contribution in [1.82, 2.24) is 4.90 Å². The Morgan fingerprint density at radius 1 is 1.18 bits per heavy atom. The van der Waals surface area contributed by atoms with Crippen LogP contribution < -0.4 is 4.74 Å². The van der Waals surface area contributed by atoms with Gasteiger partial charge in [0.25, 0.3) is 5.91 Å². The van der Waals surface area contributed by atoms with Gasteiger partial charge in [-0.25, -0.2) is 0 Å². The van der Waals surface area contributed by atoms with E-state index in [1.165, 1.54) is 28.9 Å². The molecule has 0 bridgehead atoms. The molecule has 4 rings (SSSR count). The summed E-state index contributed by atoms with van der Waals surface area (Å²) < 4.78 is 10.8. The van der Waals surface area contributed by atoms with Crippen molar-refractivity contribution in [2.24, 2.45) is 10.2 Å². The topological polar surface area (TPSA) is 87.6 Å². The number of halogens is 1. The lowest BCUT2D eigenvalue weighted by Crippen LogP contribution is -2.28. The van der Waals surface area contributed by atoms with E-state index in [1.807, 2.05) is 19.1 Å². The van der Waals surface area contributed by atoms with Crippen molar-refractivity contribution in [2.75, 3.05) is 6.61 Å². The molecule has 0 atom stereocenters. The highest BCUT2D eigenvalue weighted by molar-refractivity contribution is 8.18. The van der Waals surface area contributed by atoms with Crippen molar-refractivity contribution < 1.29 is 19.1 Å². The minimum absolute atomic E-state index is 0.0545. The standard InChI is InChI=1S/C24H20ClN3O4S/c1-2-31-21-12-17(7-10-20(21)29)14-26-27-24-28(15-19-4-3-11-32-19)23(30)22(33-24)13-16-5-8-18(25)9-6-16/h3-14,29H,2,15H2,1H3/b22-13-,26-14+,27-24-. The highest BCUT2D eigenvalue weighted by atomic mass is 35.5. The first-order chi connectivity index (χ1) is 16.0. The van der Waals surface area contributed by atoms with E-state index in [0.717, 1.165) is 5.56 Å². The Morgan fingerprint density at radius 2 is 1.97 bits per heavy atom. The van der Waals surface area contributed by atoms with Gasteiger partial charge in [0, 0.05) is 5.02 Å². The van der Waals surface area contributed by atoms with Crippen LogP contribution in [0.1, 0.15) is 23.8 Å². The van der Waals surface area contributed by atoms with Crippen molar-refractivity contribution in [2.45, 2.75) is 13.5 Å². The van der Waals surface area contributed by atoms with Gasteiger partial charge in [0.15, 0.2) is 16.7 Å². The van der Waals surface area contributed by atoms with Crippen LogP contribution in [-0.4, -0.2) is 33.9 Å². The third-order valence-corrected chi connectivity index (χ3v) is 5.83. The minimum Gasteiger partial charge on any atom is -0.504 e. The number of benzene rings is 2. The largest absolute Gasteiger partial charge is 0.504 e. The van der Waals surface area contributed by atoms with Crippen molar-refractivity contribution in [3.05, 3.63) is 87.7 Å². The number of ether oxygens (including phenoxy) is 1. The Morgan fingerprint density at radius 3 is 2.70 bits per heavy atom. The second-order valence-corrected chi connectivity index (χ2v) is 8.37. The van der Waals surface area contributed by atoms with Gasteiger partial charge in [-0.3, -0.25) is 9.69 Å². The number of aromatic hydroxyl groups is 1. The second kappa shape index (κ2) is 10.4. The molecule has 1 aliphatic heterocycles. The quantitative estimate of drug-likeness (QED) is 0.272. The molecule has 7 nitrogen and oxygen atoms in total. The average Bonchev–Trinajstić information content (AvgIpc) is 3.42. The lowest BCUT2D eigenvalue weighted by atomic mass is 10.2. The van der Waals surface area contributed by atoms with Gasteiger partial charge in [-0.1, -0.05) is 23.7 Å². The van der Waals surface area contributed by atoms with Gasteiger partial charge in [0.2, 0.25) is 0 Å². The number of carbonyl (C=O) groups is 1. The third-order valence-electron chi connectivity index (χ3n) is 4.58. The van der Waals surface area contributed by atoms with Crippen molar-refractivity contribution in [1.29, 1.82) is 0 Å². The second-order valence-electron chi connectivity index (χ2n) is 6.92. The SMILES string of the molecule is CCOc1cc(/C=N/N=C2\S/C(=C\c3ccc(Cl)cc3)C(=O)N2Cc2ccco2)ccc1O. The first-order valence-electron chi connectivity index (χ1n) is 10.1.